The summed E-state index contributed by atoms with van der Waals surface area (Å²) in [4.78, 5) is 5.87. The minimum atomic E-state index is -0.792. The summed E-state index contributed by atoms with van der Waals surface area (Å²) in [6.45, 7) is 5.00. The Labute approximate surface area is 130 Å². The molecule has 0 saturated carbocycles. The topological polar surface area (TPSA) is 60.5 Å². The van der Waals surface area contributed by atoms with Crippen LogP contribution in [0.5, 0.6) is 0 Å². The highest BCUT2D eigenvalue weighted by atomic mass is 16.5. The van der Waals surface area contributed by atoms with E-state index in [0.29, 0.717) is 26.3 Å². The molecular formula is C17H23N3O2. The van der Waals surface area contributed by atoms with Crippen LogP contribution in [0.25, 0.3) is 10.9 Å². The first-order chi connectivity index (χ1) is 10.7. The fourth-order valence-corrected chi connectivity index (χ4v) is 3.68. The van der Waals surface area contributed by atoms with Crippen LogP contribution in [-0.2, 0) is 17.7 Å². The Kier molecular flexibility index (Phi) is 3.66. The number of hydrogen-bond donors (Lipinski definition) is 3. The molecule has 2 aliphatic heterocycles. The molecule has 0 bridgehead atoms. The van der Waals surface area contributed by atoms with Gasteiger partial charge in [0.15, 0.2) is 0 Å². The second kappa shape index (κ2) is 5.66. The summed E-state index contributed by atoms with van der Waals surface area (Å²) >= 11 is 0. The van der Waals surface area contributed by atoms with Gasteiger partial charge in [0.25, 0.3) is 0 Å². The lowest BCUT2D eigenvalue weighted by molar-refractivity contribution is -0.0511. The van der Waals surface area contributed by atoms with E-state index in [1.54, 1.807) is 0 Å². The number of aliphatic hydroxyl groups is 1. The van der Waals surface area contributed by atoms with Gasteiger partial charge in [-0.3, -0.25) is 4.90 Å². The van der Waals surface area contributed by atoms with Gasteiger partial charge in [0.2, 0.25) is 0 Å². The molecule has 3 heterocycles. The molecule has 4 rings (SSSR count). The van der Waals surface area contributed by atoms with E-state index < -0.39 is 5.60 Å². The van der Waals surface area contributed by atoms with Crippen molar-refractivity contribution in [2.45, 2.75) is 18.6 Å². The predicted molar refractivity (Wildman–Crippen MR) is 85.9 cm³/mol. The number of benzene rings is 1. The van der Waals surface area contributed by atoms with Gasteiger partial charge < -0.3 is 20.1 Å². The second-order valence-electron chi connectivity index (χ2n) is 6.54. The van der Waals surface area contributed by atoms with Crippen LogP contribution in [0.2, 0.25) is 0 Å². The third-order valence-electron chi connectivity index (χ3n) is 4.73. The molecule has 0 unspecified atom stereocenters. The normalized spacial score (nSPS) is 26.8. The summed E-state index contributed by atoms with van der Waals surface area (Å²) < 4.78 is 5.52. The zero-order valence-corrected chi connectivity index (χ0v) is 12.8. The van der Waals surface area contributed by atoms with Gasteiger partial charge in [-0.1, -0.05) is 18.2 Å². The number of β-amino-alcohol motifs (C(OH)–C–C–N with tert-alkyl or cyclic N) is 1. The number of ether oxygens (including phenoxy) is 1. The Morgan fingerprint density at radius 2 is 2.23 bits per heavy atom. The molecule has 0 amide bonds. The van der Waals surface area contributed by atoms with Crippen molar-refractivity contribution in [1.29, 1.82) is 0 Å². The molecule has 5 nitrogen and oxygen atoms in total. The molecule has 1 atom stereocenters. The number of hydrogen-bond acceptors (Lipinski definition) is 4. The van der Waals surface area contributed by atoms with Gasteiger partial charge in [-0.05, 0) is 18.1 Å². The quantitative estimate of drug-likeness (QED) is 0.770. The number of nitrogens with zero attached hydrogens (tertiary/aromatic N) is 1. The van der Waals surface area contributed by atoms with Crippen molar-refractivity contribution in [2.24, 2.45) is 0 Å². The summed E-state index contributed by atoms with van der Waals surface area (Å²) in [6, 6.07) is 8.49. The van der Waals surface area contributed by atoms with Crippen molar-refractivity contribution in [3.05, 3.63) is 35.5 Å². The van der Waals surface area contributed by atoms with Crippen molar-refractivity contribution in [2.75, 3.05) is 39.4 Å². The average molecular weight is 301 g/mol. The highest BCUT2D eigenvalue weighted by molar-refractivity contribution is 5.84. The van der Waals surface area contributed by atoms with Gasteiger partial charge in [0.05, 0.1) is 13.2 Å². The van der Waals surface area contributed by atoms with Crippen LogP contribution in [0.3, 0.4) is 0 Å². The number of rotatable bonds is 2. The number of nitrogens with one attached hydrogen (secondary N) is 2. The fourth-order valence-electron chi connectivity index (χ4n) is 3.68. The van der Waals surface area contributed by atoms with Crippen LogP contribution in [0, 0.1) is 0 Å². The lowest BCUT2D eigenvalue weighted by Crippen LogP contribution is -2.52. The Morgan fingerprint density at radius 3 is 3.18 bits per heavy atom. The Hall–Kier alpha value is -1.40. The van der Waals surface area contributed by atoms with Crippen LogP contribution in [-0.4, -0.2) is 60.0 Å². The number of aromatic amines is 1. The number of aromatic nitrogens is 1. The van der Waals surface area contributed by atoms with E-state index >= 15 is 0 Å². The van der Waals surface area contributed by atoms with Crippen molar-refractivity contribution < 1.29 is 9.84 Å². The van der Waals surface area contributed by atoms with Crippen molar-refractivity contribution in [3.63, 3.8) is 0 Å². The maximum Gasteiger partial charge on any atom is 0.113 e. The average Bonchev–Trinajstić information content (AvgIpc) is 2.74. The van der Waals surface area contributed by atoms with E-state index in [2.05, 4.69) is 39.5 Å². The number of H-pyrrole nitrogens is 1. The summed E-state index contributed by atoms with van der Waals surface area (Å²) in [7, 11) is 0. The molecule has 22 heavy (non-hydrogen) atoms. The van der Waals surface area contributed by atoms with Gasteiger partial charge in [0, 0.05) is 49.3 Å². The van der Waals surface area contributed by atoms with Crippen LogP contribution < -0.4 is 5.32 Å². The highest BCUT2D eigenvalue weighted by Crippen LogP contribution is 2.28. The molecule has 118 valence electrons. The molecule has 5 heteroatoms. The van der Waals surface area contributed by atoms with Crippen molar-refractivity contribution >= 4 is 10.9 Å². The maximum absolute atomic E-state index is 10.8. The molecule has 0 aliphatic carbocycles. The summed E-state index contributed by atoms with van der Waals surface area (Å²) in [5, 5.41) is 15.4. The largest absolute Gasteiger partial charge is 0.385 e. The molecular weight excluding hydrogens is 278 g/mol. The summed E-state index contributed by atoms with van der Waals surface area (Å²) in [6.07, 6.45) is 1.03. The molecule has 3 N–H and O–H groups in total. The summed E-state index contributed by atoms with van der Waals surface area (Å²) in [5.74, 6) is 0. The van der Waals surface area contributed by atoms with E-state index in [0.717, 1.165) is 26.1 Å². The monoisotopic (exact) mass is 301 g/mol. The zero-order chi connectivity index (χ0) is 15.0. The predicted octanol–water partition coefficient (Wildman–Crippen LogP) is 0.877. The van der Waals surface area contributed by atoms with Crippen molar-refractivity contribution in [1.82, 2.24) is 15.2 Å². The second-order valence-corrected chi connectivity index (χ2v) is 6.54. The van der Waals surface area contributed by atoms with Gasteiger partial charge >= 0.3 is 0 Å². The Morgan fingerprint density at radius 1 is 1.32 bits per heavy atom. The van der Waals surface area contributed by atoms with Crippen molar-refractivity contribution in [3.8, 4) is 0 Å². The van der Waals surface area contributed by atoms with Gasteiger partial charge in [-0.15, -0.1) is 0 Å². The van der Waals surface area contributed by atoms with E-state index in [1.807, 2.05) is 0 Å². The van der Waals surface area contributed by atoms with Gasteiger partial charge in [-0.2, -0.15) is 0 Å². The standard InChI is InChI=1S/C17H23N3O2/c21-17(10-18-6-8-22-12-17)11-20-7-5-14-13-3-1-2-4-15(13)19-16(14)9-20/h1-4,18-19,21H,5-12H2/t17-/m0/s1. The van der Waals surface area contributed by atoms with Crippen LogP contribution in [0.15, 0.2) is 24.3 Å². The Balaban J connectivity index is 1.52. The minimum Gasteiger partial charge on any atom is -0.385 e. The van der Waals surface area contributed by atoms with Crippen LogP contribution in [0.4, 0.5) is 0 Å². The van der Waals surface area contributed by atoms with Gasteiger partial charge in [0.1, 0.15) is 5.60 Å². The zero-order valence-electron chi connectivity index (χ0n) is 12.8. The van der Waals surface area contributed by atoms with Crippen LogP contribution >= 0.6 is 0 Å². The molecule has 1 fully saturated rings. The molecule has 1 aromatic heterocycles. The lowest BCUT2D eigenvalue weighted by Gasteiger charge is -2.35. The number of para-hydroxylation sites is 1. The molecule has 2 aliphatic rings. The smallest absolute Gasteiger partial charge is 0.113 e. The van der Waals surface area contributed by atoms with E-state index in [1.165, 1.54) is 22.2 Å². The third kappa shape index (κ3) is 2.65. The first-order valence-electron chi connectivity index (χ1n) is 8.05. The fraction of sp³-hybridized carbons (Fsp3) is 0.529. The molecule has 2 aromatic rings. The van der Waals surface area contributed by atoms with E-state index in [-0.39, 0.29) is 0 Å². The third-order valence-corrected chi connectivity index (χ3v) is 4.73. The summed E-state index contributed by atoms with van der Waals surface area (Å²) in [5.41, 5.74) is 3.15. The van der Waals surface area contributed by atoms with E-state index in [9.17, 15) is 5.11 Å². The molecule has 0 spiro atoms. The lowest BCUT2D eigenvalue weighted by atomic mass is 10.00. The van der Waals surface area contributed by atoms with Gasteiger partial charge in [-0.25, -0.2) is 0 Å². The highest BCUT2D eigenvalue weighted by Gasteiger charge is 2.33. The van der Waals surface area contributed by atoms with E-state index in [4.69, 9.17) is 4.74 Å². The molecule has 1 saturated heterocycles. The first-order valence-corrected chi connectivity index (χ1v) is 8.05. The number of fused-ring (bicyclic) bond motifs is 3. The minimum absolute atomic E-state index is 0.413. The Bertz CT molecular complexity index is 659. The molecule has 0 radical (unpaired) electrons. The maximum atomic E-state index is 10.8. The molecule has 1 aromatic carbocycles. The SMILES string of the molecule is O[C@]1(CN2CCc3c([nH]c4ccccc34)C2)CNCCOC1. The first kappa shape index (κ1) is 14.2. The van der Waals surface area contributed by atoms with Crippen LogP contribution in [0.1, 0.15) is 11.3 Å².